The zero-order valence-electron chi connectivity index (χ0n) is 11.7. The summed E-state index contributed by atoms with van der Waals surface area (Å²) in [5.41, 5.74) is 6.96. The Labute approximate surface area is 123 Å². The van der Waals surface area contributed by atoms with E-state index in [1.807, 2.05) is 18.2 Å². The molecule has 0 atom stereocenters. The van der Waals surface area contributed by atoms with Crippen LogP contribution in [0.3, 0.4) is 0 Å². The Morgan fingerprint density at radius 2 is 1.95 bits per heavy atom. The number of amides is 1. The van der Waals surface area contributed by atoms with Gasteiger partial charge in [-0.3, -0.25) is 4.79 Å². The molecule has 1 saturated carbocycles. The number of aromatic hydroxyl groups is 1. The first-order valence-electron chi connectivity index (χ1n) is 7.28. The molecule has 1 aliphatic rings. The number of aromatic nitrogens is 1. The highest BCUT2D eigenvalue weighted by Crippen LogP contribution is 2.22. The SMILES string of the molecule is N[C@H]1CC[C@H](NC(=O)c2cc(O)nc3ccccc23)CC1. The van der Waals surface area contributed by atoms with Crippen molar-refractivity contribution in [1.29, 1.82) is 0 Å². The molecule has 0 unspecified atom stereocenters. The predicted octanol–water partition coefficient (Wildman–Crippen LogP) is 1.94. The highest BCUT2D eigenvalue weighted by molar-refractivity contribution is 6.06. The van der Waals surface area contributed by atoms with E-state index in [0.29, 0.717) is 11.1 Å². The number of carbonyl (C=O) groups is 1. The van der Waals surface area contributed by atoms with Crippen LogP contribution in [0.4, 0.5) is 0 Å². The Morgan fingerprint density at radius 1 is 1.24 bits per heavy atom. The van der Waals surface area contributed by atoms with E-state index in [1.54, 1.807) is 6.07 Å². The van der Waals surface area contributed by atoms with Gasteiger partial charge in [0.05, 0.1) is 11.1 Å². The van der Waals surface area contributed by atoms with Gasteiger partial charge >= 0.3 is 0 Å². The van der Waals surface area contributed by atoms with Gasteiger partial charge in [-0.15, -0.1) is 0 Å². The van der Waals surface area contributed by atoms with Gasteiger partial charge in [0.2, 0.25) is 5.88 Å². The van der Waals surface area contributed by atoms with Crippen LogP contribution in [0.5, 0.6) is 5.88 Å². The largest absolute Gasteiger partial charge is 0.493 e. The summed E-state index contributed by atoms with van der Waals surface area (Å²) in [7, 11) is 0. The van der Waals surface area contributed by atoms with E-state index in [4.69, 9.17) is 5.73 Å². The van der Waals surface area contributed by atoms with E-state index < -0.39 is 0 Å². The number of pyridine rings is 1. The van der Waals surface area contributed by atoms with Crippen molar-refractivity contribution in [2.75, 3.05) is 0 Å². The third kappa shape index (κ3) is 2.97. The molecule has 0 spiro atoms. The fraction of sp³-hybridized carbons (Fsp3) is 0.375. The maximum absolute atomic E-state index is 12.5. The van der Waals surface area contributed by atoms with Gasteiger partial charge < -0.3 is 16.2 Å². The smallest absolute Gasteiger partial charge is 0.252 e. The molecule has 1 aromatic heterocycles. The van der Waals surface area contributed by atoms with Crippen LogP contribution in [0, 0.1) is 0 Å². The summed E-state index contributed by atoms with van der Waals surface area (Å²) in [5.74, 6) is -0.297. The van der Waals surface area contributed by atoms with Crippen LogP contribution in [0.2, 0.25) is 0 Å². The fourth-order valence-corrected chi connectivity index (χ4v) is 2.88. The number of hydrogen-bond acceptors (Lipinski definition) is 4. The minimum absolute atomic E-state index is 0.135. The van der Waals surface area contributed by atoms with Crippen LogP contribution >= 0.6 is 0 Å². The Bertz CT molecular complexity index is 664. The van der Waals surface area contributed by atoms with Crippen molar-refractivity contribution >= 4 is 16.8 Å². The summed E-state index contributed by atoms with van der Waals surface area (Å²) in [6.45, 7) is 0. The molecule has 4 N–H and O–H groups in total. The fourth-order valence-electron chi connectivity index (χ4n) is 2.88. The lowest BCUT2D eigenvalue weighted by molar-refractivity contribution is 0.0927. The molecule has 21 heavy (non-hydrogen) atoms. The topological polar surface area (TPSA) is 88.2 Å². The van der Waals surface area contributed by atoms with Gasteiger partial charge in [-0.1, -0.05) is 18.2 Å². The van der Waals surface area contributed by atoms with Gasteiger partial charge in [0.1, 0.15) is 0 Å². The van der Waals surface area contributed by atoms with Crippen molar-refractivity contribution in [3.8, 4) is 5.88 Å². The highest BCUT2D eigenvalue weighted by atomic mass is 16.3. The summed E-state index contributed by atoms with van der Waals surface area (Å²) in [6, 6.07) is 9.15. The van der Waals surface area contributed by atoms with Crippen molar-refractivity contribution in [1.82, 2.24) is 10.3 Å². The van der Waals surface area contributed by atoms with Crippen molar-refractivity contribution in [2.45, 2.75) is 37.8 Å². The molecule has 1 aromatic carbocycles. The van der Waals surface area contributed by atoms with Gasteiger partial charge in [0.15, 0.2) is 0 Å². The molecule has 110 valence electrons. The maximum Gasteiger partial charge on any atom is 0.252 e. The zero-order valence-corrected chi connectivity index (χ0v) is 11.7. The van der Waals surface area contributed by atoms with Crippen LogP contribution in [-0.4, -0.2) is 28.1 Å². The summed E-state index contributed by atoms with van der Waals surface area (Å²) in [4.78, 5) is 16.5. The average Bonchev–Trinajstić information content (AvgIpc) is 2.48. The molecule has 1 fully saturated rings. The van der Waals surface area contributed by atoms with Crippen molar-refractivity contribution in [3.05, 3.63) is 35.9 Å². The third-order valence-corrected chi connectivity index (χ3v) is 4.05. The minimum Gasteiger partial charge on any atom is -0.493 e. The second kappa shape index (κ2) is 5.69. The Balaban J connectivity index is 1.84. The van der Waals surface area contributed by atoms with Crippen LogP contribution in [0.1, 0.15) is 36.0 Å². The van der Waals surface area contributed by atoms with Crippen molar-refractivity contribution in [3.63, 3.8) is 0 Å². The standard InChI is InChI=1S/C16H19N3O2/c17-10-5-7-11(8-6-10)18-16(21)13-9-15(20)19-14-4-2-1-3-12(13)14/h1-4,9-11H,5-8,17H2,(H,18,21)(H,19,20)/t10-,11-. The van der Waals surface area contributed by atoms with E-state index in [2.05, 4.69) is 10.3 Å². The number of nitrogens with two attached hydrogens (primary N) is 1. The zero-order chi connectivity index (χ0) is 14.8. The Kier molecular flexibility index (Phi) is 3.75. The molecular formula is C16H19N3O2. The van der Waals surface area contributed by atoms with Crippen LogP contribution in [0.15, 0.2) is 30.3 Å². The Hall–Kier alpha value is -2.14. The first kappa shape index (κ1) is 13.8. The van der Waals surface area contributed by atoms with Gasteiger partial charge in [-0.05, 0) is 31.7 Å². The molecule has 0 radical (unpaired) electrons. The molecule has 1 heterocycles. The lowest BCUT2D eigenvalue weighted by Crippen LogP contribution is -2.40. The molecule has 2 aromatic rings. The molecule has 1 aliphatic carbocycles. The molecular weight excluding hydrogens is 266 g/mol. The number of benzene rings is 1. The van der Waals surface area contributed by atoms with Crippen LogP contribution in [0.25, 0.3) is 10.9 Å². The lowest BCUT2D eigenvalue weighted by atomic mass is 9.91. The molecule has 5 heteroatoms. The van der Waals surface area contributed by atoms with Gasteiger partial charge in [0, 0.05) is 23.5 Å². The number of nitrogens with one attached hydrogen (secondary N) is 1. The number of hydrogen-bond donors (Lipinski definition) is 3. The first-order chi connectivity index (χ1) is 10.1. The predicted molar refractivity (Wildman–Crippen MR) is 81.1 cm³/mol. The van der Waals surface area contributed by atoms with Gasteiger partial charge in [-0.2, -0.15) is 0 Å². The minimum atomic E-state index is -0.163. The van der Waals surface area contributed by atoms with Crippen LogP contribution in [-0.2, 0) is 0 Å². The first-order valence-corrected chi connectivity index (χ1v) is 7.28. The molecule has 3 rings (SSSR count). The second-order valence-corrected chi connectivity index (χ2v) is 5.63. The van der Waals surface area contributed by atoms with E-state index in [-0.39, 0.29) is 23.9 Å². The number of rotatable bonds is 2. The number of fused-ring (bicyclic) bond motifs is 1. The van der Waals surface area contributed by atoms with Gasteiger partial charge in [-0.25, -0.2) is 4.98 Å². The van der Waals surface area contributed by atoms with Crippen molar-refractivity contribution < 1.29 is 9.90 Å². The van der Waals surface area contributed by atoms with E-state index in [0.717, 1.165) is 31.1 Å². The second-order valence-electron chi connectivity index (χ2n) is 5.63. The average molecular weight is 285 g/mol. The van der Waals surface area contributed by atoms with E-state index in [1.165, 1.54) is 6.07 Å². The molecule has 5 nitrogen and oxygen atoms in total. The summed E-state index contributed by atoms with van der Waals surface area (Å²) in [6.07, 6.45) is 3.68. The molecule has 0 aliphatic heterocycles. The summed E-state index contributed by atoms with van der Waals surface area (Å²) >= 11 is 0. The van der Waals surface area contributed by atoms with Gasteiger partial charge in [0.25, 0.3) is 5.91 Å². The number of carbonyl (C=O) groups excluding carboxylic acids is 1. The van der Waals surface area contributed by atoms with E-state index >= 15 is 0 Å². The number of nitrogens with zero attached hydrogens (tertiary/aromatic N) is 1. The quantitative estimate of drug-likeness (QED) is 0.786. The Morgan fingerprint density at radius 3 is 2.71 bits per heavy atom. The normalized spacial score (nSPS) is 22.1. The highest BCUT2D eigenvalue weighted by Gasteiger charge is 2.21. The molecule has 0 bridgehead atoms. The maximum atomic E-state index is 12.5. The monoisotopic (exact) mass is 285 g/mol. The lowest BCUT2D eigenvalue weighted by Gasteiger charge is -2.27. The number of para-hydroxylation sites is 1. The third-order valence-electron chi connectivity index (χ3n) is 4.05. The van der Waals surface area contributed by atoms with Crippen molar-refractivity contribution in [2.24, 2.45) is 5.73 Å². The summed E-state index contributed by atoms with van der Waals surface area (Å²) < 4.78 is 0. The van der Waals surface area contributed by atoms with E-state index in [9.17, 15) is 9.90 Å². The summed E-state index contributed by atoms with van der Waals surface area (Å²) in [5, 5.41) is 13.5. The molecule has 0 saturated heterocycles. The molecule has 1 amide bonds. The van der Waals surface area contributed by atoms with Crippen LogP contribution < -0.4 is 11.1 Å².